The first-order chi connectivity index (χ1) is 19.6. The number of aryl methyl sites for hydroxylation is 1. The number of ether oxygens (including phenoxy) is 2. The number of hydrogen-bond acceptors (Lipinski definition) is 3. The number of aromatic nitrogens is 1. The molecule has 2 aliphatic heterocycles. The van der Waals surface area contributed by atoms with E-state index in [1.807, 2.05) is 30.3 Å². The summed E-state index contributed by atoms with van der Waals surface area (Å²) >= 11 is 0. The second kappa shape index (κ2) is 11.3. The van der Waals surface area contributed by atoms with E-state index in [9.17, 15) is 4.39 Å². The van der Waals surface area contributed by atoms with Crippen molar-refractivity contribution in [2.45, 2.75) is 38.5 Å². The van der Waals surface area contributed by atoms with Crippen molar-refractivity contribution in [3.8, 4) is 5.75 Å². The fraction of sp³-hybridized carbons (Fsp3) is 0.257. The summed E-state index contributed by atoms with van der Waals surface area (Å²) in [5, 5.41) is 1.29. The van der Waals surface area contributed by atoms with Crippen molar-refractivity contribution in [2.24, 2.45) is 0 Å². The van der Waals surface area contributed by atoms with Crippen LogP contribution < -0.4 is 4.74 Å². The molecule has 0 spiro atoms. The standard InChI is InChI=1S/C33H29FN2O.C2H6O/c1-21-7-14-27-29-19-31-28-18-26(37-20-22-5-3-2-4-6-22)13-10-23(28)15-16-36(31)33(32(29)35-30(27)17-21)24-8-11-25(34)12-9-24;1-3-2/h2-14,17-18,31,33,35H,15-16,19-20H2,1H3;1-2H3. The zero-order valence-electron chi connectivity index (χ0n) is 23.3. The lowest BCUT2D eigenvalue weighted by molar-refractivity contribution is 0.127. The largest absolute Gasteiger partial charge is 0.489 e. The van der Waals surface area contributed by atoms with E-state index >= 15 is 0 Å². The predicted molar refractivity (Wildman–Crippen MR) is 158 cm³/mol. The molecule has 0 radical (unpaired) electrons. The molecule has 7 rings (SSSR count). The molecule has 0 fully saturated rings. The second-order valence-electron chi connectivity index (χ2n) is 10.8. The van der Waals surface area contributed by atoms with Gasteiger partial charge in [-0.15, -0.1) is 0 Å². The topological polar surface area (TPSA) is 37.5 Å². The lowest BCUT2D eigenvalue weighted by Crippen LogP contribution is -2.43. The molecule has 5 heteroatoms. The number of rotatable bonds is 4. The van der Waals surface area contributed by atoms with Gasteiger partial charge in [0.25, 0.3) is 0 Å². The van der Waals surface area contributed by atoms with Gasteiger partial charge in [-0.25, -0.2) is 4.39 Å². The summed E-state index contributed by atoms with van der Waals surface area (Å²) in [6.07, 6.45) is 1.92. The van der Waals surface area contributed by atoms with Crippen LogP contribution in [0.1, 0.15) is 51.2 Å². The maximum atomic E-state index is 13.9. The first-order valence-electron chi connectivity index (χ1n) is 13.9. The molecule has 3 heterocycles. The number of H-pyrrole nitrogens is 1. The lowest BCUT2D eigenvalue weighted by Gasteiger charge is -2.46. The molecule has 2 atom stereocenters. The molecule has 1 N–H and O–H groups in total. The first-order valence-corrected chi connectivity index (χ1v) is 13.9. The molecule has 0 saturated carbocycles. The van der Waals surface area contributed by atoms with Gasteiger partial charge >= 0.3 is 0 Å². The summed E-state index contributed by atoms with van der Waals surface area (Å²) in [7, 11) is 3.25. The highest BCUT2D eigenvalue weighted by atomic mass is 19.1. The Morgan fingerprint density at radius 2 is 1.70 bits per heavy atom. The Morgan fingerprint density at radius 3 is 2.48 bits per heavy atom. The van der Waals surface area contributed by atoms with Crippen LogP contribution in [0.4, 0.5) is 4.39 Å². The Bertz CT molecular complexity index is 1610. The van der Waals surface area contributed by atoms with Gasteiger partial charge in [0.15, 0.2) is 0 Å². The zero-order chi connectivity index (χ0) is 27.6. The molecule has 5 aromatic rings. The van der Waals surface area contributed by atoms with Crippen LogP contribution in [-0.4, -0.2) is 30.6 Å². The van der Waals surface area contributed by atoms with Crippen molar-refractivity contribution in [3.63, 3.8) is 0 Å². The maximum Gasteiger partial charge on any atom is 0.123 e. The lowest BCUT2D eigenvalue weighted by atomic mass is 9.81. The number of benzene rings is 4. The Kier molecular flexibility index (Phi) is 7.42. The number of nitrogens with one attached hydrogen (secondary N) is 1. The van der Waals surface area contributed by atoms with Gasteiger partial charge in [-0.1, -0.05) is 60.7 Å². The van der Waals surface area contributed by atoms with Crippen molar-refractivity contribution in [2.75, 3.05) is 20.8 Å². The Balaban J connectivity index is 0.000000925. The number of aromatic amines is 1. The average molecular weight is 535 g/mol. The SMILES string of the molecule is COC.Cc1ccc2c3c([nH]c2c1)C(c1ccc(F)cc1)N1CCc2ccc(OCc4ccccc4)cc2C1C3. The average Bonchev–Trinajstić information content (AvgIpc) is 3.33. The molecule has 0 aliphatic carbocycles. The van der Waals surface area contributed by atoms with Gasteiger partial charge in [0.05, 0.1) is 6.04 Å². The fourth-order valence-electron chi connectivity index (χ4n) is 6.27. The summed E-state index contributed by atoms with van der Waals surface area (Å²) in [5.41, 5.74) is 10.0. The van der Waals surface area contributed by atoms with Gasteiger partial charge in [-0.3, -0.25) is 4.90 Å². The third-order valence-electron chi connectivity index (χ3n) is 8.05. The molecule has 0 bridgehead atoms. The monoisotopic (exact) mass is 534 g/mol. The second-order valence-corrected chi connectivity index (χ2v) is 10.8. The van der Waals surface area contributed by atoms with E-state index in [1.165, 1.54) is 38.9 Å². The summed E-state index contributed by atoms with van der Waals surface area (Å²) < 4.78 is 24.4. The summed E-state index contributed by atoms with van der Waals surface area (Å²) in [6.45, 7) is 3.64. The van der Waals surface area contributed by atoms with Crippen LogP contribution in [-0.2, 0) is 24.2 Å². The fourth-order valence-corrected chi connectivity index (χ4v) is 6.27. The van der Waals surface area contributed by atoms with Gasteiger partial charge in [0.2, 0.25) is 0 Å². The molecular weight excluding hydrogens is 499 g/mol. The van der Waals surface area contributed by atoms with E-state index < -0.39 is 0 Å². The van der Waals surface area contributed by atoms with Crippen LogP contribution in [0.15, 0.2) is 91.0 Å². The van der Waals surface area contributed by atoms with Crippen molar-refractivity contribution in [1.29, 1.82) is 0 Å². The zero-order valence-corrected chi connectivity index (χ0v) is 23.3. The van der Waals surface area contributed by atoms with Gasteiger partial charge in [-0.05, 0) is 83.5 Å². The van der Waals surface area contributed by atoms with Crippen LogP contribution >= 0.6 is 0 Å². The van der Waals surface area contributed by atoms with Crippen molar-refractivity contribution in [3.05, 3.63) is 136 Å². The van der Waals surface area contributed by atoms with Crippen molar-refractivity contribution < 1.29 is 13.9 Å². The van der Waals surface area contributed by atoms with Crippen LogP contribution in [0.5, 0.6) is 5.75 Å². The summed E-state index contributed by atoms with van der Waals surface area (Å²) in [4.78, 5) is 6.37. The molecule has 4 nitrogen and oxygen atoms in total. The molecule has 2 unspecified atom stereocenters. The third-order valence-corrected chi connectivity index (χ3v) is 8.05. The highest BCUT2D eigenvalue weighted by molar-refractivity contribution is 5.86. The van der Waals surface area contributed by atoms with Crippen LogP contribution in [0.25, 0.3) is 10.9 Å². The quantitative estimate of drug-likeness (QED) is 0.257. The molecule has 204 valence electrons. The minimum atomic E-state index is -0.201. The van der Waals surface area contributed by atoms with Crippen molar-refractivity contribution in [1.82, 2.24) is 9.88 Å². The number of nitrogens with zero attached hydrogens (tertiary/aromatic N) is 1. The molecule has 4 aromatic carbocycles. The number of hydrogen-bond donors (Lipinski definition) is 1. The normalized spacial score (nSPS) is 17.8. The molecular formula is C35H35FN2O2. The highest BCUT2D eigenvalue weighted by Gasteiger charge is 2.41. The first kappa shape index (κ1) is 26.3. The Labute approximate surface area is 235 Å². The van der Waals surface area contributed by atoms with Crippen molar-refractivity contribution >= 4 is 10.9 Å². The van der Waals surface area contributed by atoms with E-state index in [1.54, 1.807) is 26.4 Å². The summed E-state index contributed by atoms with van der Waals surface area (Å²) in [5.74, 6) is 0.705. The highest BCUT2D eigenvalue weighted by Crippen LogP contribution is 2.48. The van der Waals surface area contributed by atoms with E-state index in [4.69, 9.17) is 4.74 Å². The van der Waals surface area contributed by atoms with E-state index in [2.05, 4.69) is 70.1 Å². The van der Waals surface area contributed by atoms with E-state index in [-0.39, 0.29) is 17.9 Å². The maximum absolute atomic E-state index is 13.9. The molecule has 40 heavy (non-hydrogen) atoms. The third kappa shape index (κ3) is 5.03. The molecule has 2 aliphatic rings. The van der Waals surface area contributed by atoms with Gasteiger partial charge in [0, 0.05) is 43.4 Å². The predicted octanol–water partition coefficient (Wildman–Crippen LogP) is 7.70. The van der Waals surface area contributed by atoms with E-state index in [0.29, 0.717) is 6.61 Å². The smallest absolute Gasteiger partial charge is 0.123 e. The molecule has 0 amide bonds. The van der Waals surface area contributed by atoms with Gasteiger partial charge in [-0.2, -0.15) is 0 Å². The molecule has 0 saturated heterocycles. The van der Waals surface area contributed by atoms with Gasteiger partial charge in [0.1, 0.15) is 18.2 Å². The number of fused-ring (bicyclic) bond motifs is 6. The van der Waals surface area contributed by atoms with Crippen LogP contribution in [0, 0.1) is 12.7 Å². The minimum Gasteiger partial charge on any atom is -0.489 e. The van der Waals surface area contributed by atoms with Crippen LogP contribution in [0.3, 0.4) is 0 Å². The van der Waals surface area contributed by atoms with E-state index in [0.717, 1.165) is 36.3 Å². The number of methoxy groups -OCH3 is 1. The van der Waals surface area contributed by atoms with Crippen LogP contribution in [0.2, 0.25) is 0 Å². The number of halogens is 1. The Hall–Kier alpha value is -3.93. The minimum absolute atomic E-state index is 0.0455. The van der Waals surface area contributed by atoms with Gasteiger partial charge < -0.3 is 14.5 Å². The molecule has 1 aromatic heterocycles. The Morgan fingerprint density at radius 1 is 0.925 bits per heavy atom. The summed E-state index contributed by atoms with van der Waals surface area (Å²) in [6, 6.07) is 30.9.